The fourth-order valence-corrected chi connectivity index (χ4v) is 5.70. The van der Waals surface area contributed by atoms with Gasteiger partial charge in [-0.05, 0) is 50.8 Å². The molecule has 7 nitrogen and oxygen atoms in total. The first-order valence-electron chi connectivity index (χ1n) is 10.9. The van der Waals surface area contributed by atoms with E-state index in [1.165, 1.54) is 10.4 Å². The maximum atomic E-state index is 12.5. The topological polar surface area (TPSA) is 84.3 Å². The number of hydrogen-bond acceptors (Lipinski definition) is 4. The van der Waals surface area contributed by atoms with Gasteiger partial charge in [0.05, 0.1) is 18.0 Å². The highest BCUT2D eigenvalue weighted by Gasteiger charge is 2.27. The van der Waals surface area contributed by atoms with Gasteiger partial charge in [0.25, 0.3) is 0 Å². The van der Waals surface area contributed by atoms with Crippen LogP contribution >= 0.6 is 11.6 Å². The van der Waals surface area contributed by atoms with Crippen LogP contribution in [0.5, 0.6) is 0 Å². The number of piperidine rings is 1. The molecule has 9 heteroatoms. The summed E-state index contributed by atoms with van der Waals surface area (Å²) in [6.45, 7) is 7.21. The van der Waals surface area contributed by atoms with Gasteiger partial charge in [0.1, 0.15) is 0 Å². The molecule has 1 fully saturated rings. The third-order valence-electron chi connectivity index (χ3n) is 5.77. The molecule has 1 N–H and O–H groups in total. The highest BCUT2D eigenvalue weighted by Crippen LogP contribution is 2.20. The molecule has 1 aliphatic heterocycles. The molecule has 32 heavy (non-hydrogen) atoms. The first kappa shape index (κ1) is 24.5. The van der Waals surface area contributed by atoms with E-state index < -0.39 is 10.0 Å². The monoisotopic (exact) mass is 478 g/mol. The standard InChI is InChI=1S/C23H31ClN4O3S/c1-4-15-32(30,31)27-13-11-20(12-14-27)25-23(29)10-9-21-17(2)26-28(18(21)3)16-19-7-5-6-8-22(19)24/h5-10,20H,4,11-16H2,1-3H3,(H,25,29)/b10-9+. The molecule has 0 radical (unpaired) electrons. The van der Waals surface area contributed by atoms with Gasteiger partial charge in [-0.2, -0.15) is 5.10 Å². The molecule has 3 rings (SSSR count). The molecule has 0 unspecified atom stereocenters. The number of aromatic nitrogens is 2. The van der Waals surface area contributed by atoms with Crippen LogP contribution in [0.3, 0.4) is 0 Å². The second-order valence-electron chi connectivity index (χ2n) is 8.16. The third kappa shape index (κ3) is 5.99. The summed E-state index contributed by atoms with van der Waals surface area (Å²) in [5.41, 5.74) is 3.70. The second kappa shape index (κ2) is 10.6. The Hall–Kier alpha value is -2.16. The zero-order valence-corrected chi connectivity index (χ0v) is 20.4. The number of nitrogens with one attached hydrogen (secondary N) is 1. The summed E-state index contributed by atoms with van der Waals surface area (Å²) in [6, 6.07) is 7.65. The number of sulfonamides is 1. The molecule has 0 spiro atoms. The van der Waals surface area contributed by atoms with Crippen LogP contribution in [0.4, 0.5) is 0 Å². The van der Waals surface area contributed by atoms with Crippen molar-refractivity contribution in [1.82, 2.24) is 19.4 Å². The van der Waals surface area contributed by atoms with E-state index >= 15 is 0 Å². The van der Waals surface area contributed by atoms with Crippen LogP contribution in [-0.4, -0.2) is 53.3 Å². The SMILES string of the molecule is CCCS(=O)(=O)N1CCC(NC(=O)/C=C/c2c(C)nn(Cc3ccccc3Cl)c2C)CC1. The second-order valence-corrected chi connectivity index (χ2v) is 10.7. The predicted molar refractivity (Wildman–Crippen MR) is 128 cm³/mol. The minimum atomic E-state index is -3.18. The lowest BCUT2D eigenvalue weighted by atomic mass is 10.1. The Kier molecular flexibility index (Phi) is 8.14. The molecule has 0 atom stereocenters. The number of nitrogens with zero attached hydrogens (tertiary/aromatic N) is 3. The summed E-state index contributed by atoms with van der Waals surface area (Å²) in [7, 11) is -3.18. The van der Waals surface area contributed by atoms with Crippen molar-refractivity contribution in [3.63, 3.8) is 0 Å². The Morgan fingerprint density at radius 1 is 1.25 bits per heavy atom. The average Bonchev–Trinajstić information content (AvgIpc) is 3.01. The number of amides is 1. The first-order chi connectivity index (χ1) is 15.2. The number of halogens is 1. The molecule has 1 aromatic carbocycles. The number of rotatable bonds is 8. The molecular formula is C23H31ClN4O3S. The Bertz CT molecular complexity index is 1090. The fraction of sp³-hybridized carbons (Fsp3) is 0.478. The van der Waals surface area contributed by atoms with Crippen molar-refractivity contribution in [2.75, 3.05) is 18.8 Å². The normalized spacial score (nSPS) is 16.0. The van der Waals surface area contributed by atoms with E-state index in [1.54, 1.807) is 6.08 Å². The first-order valence-corrected chi connectivity index (χ1v) is 12.9. The zero-order chi connectivity index (χ0) is 23.3. The van der Waals surface area contributed by atoms with Gasteiger partial charge in [-0.3, -0.25) is 9.48 Å². The predicted octanol–water partition coefficient (Wildman–Crippen LogP) is 3.54. The third-order valence-corrected chi connectivity index (χ3v) is 8.22. The zero-order valence-electron chi connectivity index (χ0n) is 18.8. The molecule has 1 aliphatic rings. The van der Waals surface area contributed by atoms with Crippen LogP contribution in [0.1, 0.15) is 48.7 Å². The van der Waals surface area contributed by atoms with E-state index in [1.807, 2.05) is 49.7 Å². The van der Waals surface area contributed by atoms with Gasteiger partial charge in [-0.1, -0.05) is 36.7 Å². The summed E-state index contributed by atoms with van der Waals surface area (Å²) < 4.78 is 27.8. The summed E-state index contributed by atoms with van der Waals surface area (Å²) >= 11 is 6.27. The van der Waals surface area contributed by atoms with Gasteiger partial charge in [-0.15, -0.1) is 0 Å². The van der Waals surface area contributed by atoms with E-state index in [0.29, 0.717) is 43.9 Å². The van der Waals surface area contributed by atoms with Crippen LogP contribution in [0.25, 0.3) is 6.08 Å². The Morgan fingerprint density at radius 2 is 1.94 bits per heavy atom. The molecule has 1 aromatic heterocycles. The highest BCUT2D eigenvalue weighted by atomic mass is 35.5. The molecule has 1 amide bonds. The molecular weight excluding hydrogens is 448 g/mol. The van der Waals surface area contributed by atoms with Crippen LogP contribution in [0.2, 0.25) is 5.02 Å². The number of benzene rings is 1. The maximum absolute atomic E-state index is 12.5. The molecule has 0 aliphatic carbocycles. The van der Waals surface area contributed by atoms with E-state index in [0.717, 1.165) is 22.5 Å². The minimum Gasteiger partial charge on any atom is -0.350 e. The Labute approximate surface area is 195 Å². The van der Waals surface area contributed by atoms with E-state index in [-0.39, 0.29) is 17.7 Å². The van der Waals surface area contributed by atoms with Crippen molar-refractivity contribution in [2.45, 2.75) is 52.6 Å². The number of hydrogen-bond donors (Lipinski definition) is 1. The van der Waals surface area contributed by atoms with Crippen LogP contribution in [-0.2, 0) is 21.4 Å². The number of aryl methyl sites for hydroxylation is 1. The van der Waals surface area contributed by atoms with E-state index in [9.17, 15) is 13.2 Å². The molecule has 174 valence electrons. The van der Waals surface area contributed by atoms with Gasteiger partial charge in [0.15, 0.2) is 0 Å². The average molecular weight is 479 g/mol. The van der Waals surface area contributed by atoms with Crippen molar-refractivity contribution < 1.29 is 13.2 Å². The Balaban J connectivity index is 1.58. The summed E-state index contributed by atoms with van der Waals surface area (Å²) in [4.78, 5) is 12.5. The molecule has 2 aromatic rings. The van der Waals surface area contributed by atoms with Gasteiger partial charge >= 0.3 is 0 Å². The molecule has 0 saturated carbocycles. The Morgan fingerprint density at radius 3 is 2.59 bits per heavy atom. The van der Waals surface area contributed by atoms with Crippen LogP contribution in [0, 0.1) is 13.8 Å². The summed E-state index contributed by atoms with van der Waals surface area (Å²) in [5, 5.41) is 8.29. The lowest BCUT2D eigenvalue weighted by molar-refractivity contribution is -0.117. The molecule has 1 saturated heterocycles. The maximum Gasteiger partial charge on any atom is 0.244 e. The highest BCUT2D eigenvalue weighted by molar-refractivity contribution is 7.89. The van der Waals surface area contributed by atoms with Crippen molar-refractivity contribution in [3.05, 3.63) is 57.9 Å². The van der Waals surface area contributed by atoms with Gasteiger partial charge in [0, 0.05) is 41.5 Å². The largest absolute Gasteiger partial charge is 0.350 e. The quantitative estimate of drug-likeness (QED) is 0.588. The van der Waals surface area contributed by atoms with Crippen LogP contribution < -0.4 is 5.32 Å². The smallest absolute Gasteiger partial charge is 0.244 e. The van der Waals surface area contributed by atoms with Gasteiger partial charge in [-0.25, -0.2) is 12.7 Å². The van der Waals surface area contributed by atoms with Crippen molar-refractivity contribution >= 4 is 33.6 Å². The van der Waals surface area contributed by atoms with Crippen LogP contribution in [0.15, 0.2) is 30.3 Å². The lowest BCUT2D eigenvalue weighted by Crippen LogP contribution is -2.46. The van der Waals surface area contributed by atoms with Gasteiger partial charge < -0.3 is 5.32 Å². The molecule has 0 bridgehead atoms. The van der Waals surface area contributed by atoms with E-state index in [4.69, 9.17) is 11.6 Å². The lowest BCUT2D eigenvalue weighted by Gasteiger charge is -2.31. The minimum absolute atomic E-state index is 0.0228. The van der Waals surface area contributed by atoms with Gasteiger partial charge in [0.2, 0.25) is 15.9 Å². The number of carbonyl (C=O) groups excluding carboxylic acids is 1. The summed E-state index contributed by atoms with van der Waals surface area (Å²) in [5.74, 6) is -0.00664. The summed E-state index contributed by atoms with van der Waals surface area (Å²) in [6.07, 6.45) is 5.16. The molecule has 2 heterocycles. The van der Waals surface area contributed by atoms with Crippen molar-refractivity contribution in [2.24, 2.45) is 0 Å². The number of carbonyl (C=O) groups is 1. The van der Waals surface area contributed by atoms with Crippen molar-refractivity contribution in [1.29, 1.82) is 0 Å². The van der Waals surface area contributed by atoms with Crippen molar-refractivity contribution in [3.8, 4) is 0 Å². The fourth-order valence-electron chi connectivity index (χ4n) is 3.97. The van der Waals surface area contributed by atoms with E-state index in [2.05, 4.69) is 10.4 Å².